The number of amides is 1. The van der Waals surface area contributed by atoms with Crippen LogP contribution in [-0.2, 0) is 4.79 Å². The van der Waals surface area contributed by atoms with Crippen LogP contribution in [0.3, 0.4) is 0 Å². The van der Waals surface area contributed by atoms with Gasteiger partial charge in [-0.1, -0.05) is 37.5 Å². The van der Waals surface area contributed by atoms with Crippen molar-refractivity contribution in [3.05, 3.63) is 11.6 Å². The summed E-state index contributed by atoms with van der Waals surface area (Å²) >= 11 is 1.42. The lowest BCUT2D eigenvalue weighted by molar-refractivity contribution is -0.118. The van der Waals surface area contributed by atoms with Gasteiger partial charge in [0.05, 0.1) is 0 Å². The van der Waals surface area contributed by atoms with Crippen molar-refractivity contribution in [1.29, 1.82) is 0 Å². The van der Waals surface area contributed by atoms with E-state index in [9.17, 15) is 9.90 Å². The third kappa shape index (κ3) is 15.7. The van der Waals surface area contributed by atoms with E-state index in [1.807, 2.05) is 5.38 Å². The van der Waals surface area contributed by atoms with Gasteiger partial charge in [0.2, 0.25) is 5.91 Å². The van der Waals surface area contributed by atoms with Crippen LogP contribution in [0, 0.1) is 0 Å². The number of aromatic nitrogens is 1. The molecule has 4 N–H and O–H groups in total. The minimum Gasteiger partial charge on any atom is -0.467 e. The van der Waals surface area contributed by atoms with Gasteiger partial charge in [-0.2, -0.15) is 0 Å². The first-order valence-electron chi connectivity index (χ1n) is 8.48. The second-order valence-corrected chi connectivity index (χ2v) is 7.53. The zero-order valence-electron chi connectivity index (χ0n) is 15.4. The third-order valence-electron chi connectivity index (χ3n) is 2.95. The average molecular weight is 360 g/mol. The predicted molar refractivity (Wildman–Crippen MR) is 99.3 cm³/mol. The molecule has 1 unspecified atom stereocenters. The molecule has 24 heavy (non-hydrogen) atoms. The Bertz CT molecular complexity index is 419. The molecule has 0 saturated heterocycles. The van der Waals surface area contributed by atoms with Gasteiger partial charge in [0.1, 0.15) is 12.7 Å². The first-order valence-corrected chi connectivity index (χ1v) is 9.36. The minimum absolute atomic E-state index is 0.0160. The molecule has 140 valence electrons. The summed E-state index contributed by atoms with van der Waals surface area (Å²) in [6.07, 6.45) is 6.25. The molecule has 0 aliphatic heterocycles. The lowest BCUT2D eigenvalue weighted by Crippen LogP contribution is -2.42. The van der Waals surface area contributed by atoms with Crippen LogP contribution in [0.15, 0.2) is 11.6 Å². The normalized spacial score (nSPS) is 12.2. The fraction of sp³-hybridized carbons (Fsp3) is 0.765. The van der Waals surface area contributed by atoms with Crippen molar-refractivity contribution < 1.29 is 14.6 Å². The zero-order valence-corrected chi connectivity index (χ0v) is 16.2. The maximum absolute atomic E-state index is 10.2. The molecule has 1 heterocycles. The number of aliphatic hydroxyl groups excluding tert-OH is 1. The number of primary amides is 1. The summed E-state index contributed by atoms with van der Waals surface area (Å²) in [6.45, 7) is 9.11. The predicted octanol–water partition coefficient (Wildman–Crippen LogP) is 2.71. The number of carbonyl (C=O) groups excluding carboxylic acids is 1. The van der Waals surface area contributed by atoms with Crippen molar-refractivity contribution in [2.24, 2.45) is 5.73 Å². The summed E-state index contributed by atoms with van der Waals surface area (Å²) in [5.41, 5.74) is 4.95. The van der Waals surface area contributed by atoms with E-state index >= 15 is 0 Å². The number of nitrogens with one attached hydrogen (secondary N) is 1. The molecule has 0 aliphatic carbocycles. The number of hydrogen-bond acceptors (Lipinski definition) is 6. The Kier molecular flexibility index (Phi) is 12.5. The smallest absolute Gasteiger partial charge is 0.273 e. The van der Waals surface area contributed by atoms with Gasteiger partial charge in [0.15, 0.2) is 0 Å². The average Bonchev–Trinajstić information content (AvgIpc) is 3.01. The number of rotatable bonds is 10. The summed E-state index contributed by atoms with van der Waals surface area (Å²) < 4.78 is 5.29. The highest BCUT2D eigenvalue weighted by Gasteiger charge is 2.12. The molecule has 1 aromatic rings. The van der Waals surface area contributed by atoms with E-state index in [0.717, 1.165) is 12.8 Å². The molecule has 1 aromatic heterocycles. The maximum Gasteiger partial charge on any atom is 0.273 e. The van der Waals surface area contributed by atoms with Crippen LogP contribution >= 0.6 is 11.3 Å². The van der Waals surface area contributed by atoms with Gasteiger partial charge in [-0.05, 0) is 27.2 Å². The summed E-state index contributed by atoms with van der Waals surface area (Å²) in [6, 6.07) is 0. The Morgan fingerprint density at radius 1 is 1.42 bits per heavy atom. The van der Waals surface area contributed by atoms with E-state index in [1.165, 1.54) is 24.2 Å². The first kappa shape index (κ1) is 22.8. The topological polar surface area (TPSA) is 97.5 Å². The van der Waals surface area contributed by atoms with Crippen LogP contribution in [-0.4, -0.2) is 40.8 Å². The van der Waals surface area contributed by atoms with Crippen LogP contribution in [0.5, 0.6) is 5.19 Å². The van der Waals surface area contributed by atoms with Gasteiger partial charge in [-0.15, -0.1) is 0 Å². The number of hydrogen-bond donors (Lipinski definition) is 3. The van der Waals surface area contributed by atoms with Crippen molar-refractivity contribution in [1.82, 2.24) is 10.3 Å². The Hall–Kier alpha value is -1.18. The Labute approximate surface area is 149 Å². The first-order chi connectivity index (χ1) is 11.2. The maximum atomic E-state index is 10.2. The van der Waals surface area contributed by atoms with Crippen molar-refractivity contribution in [3.63, 3.8) is 0 Å². The molecular formula is C17H33N3O3S. The molecule has 0 bridgehead atoms. The molecule has 6 nitrogen and oxygen atoms in total. The number of nitrogens with two attached hydrogens (primary N) is 1. The van der Waals surface area contributed by atoms with E-state index in [2.05, 4.69) is 38.0 Å². The second-order valence-electron chi connectivity index (χ2n) is 6.67. The molecule has 0 saturated carbocycles. The Morgan fingerprint density at radius 3 is 2.62 bits per heavy atom. The highest BCUT2D eigenvalue weighted by Crippen LogP contribution is 2.13. The van der Waals surface area contributed by atoms with Crippen molar-refractivity contribution >= 4 is 17.2 Å². The van der Waals surface area contributed by atoms with Crippen molar-refractivity contribution in [2.45, 2.75) is 71.4 Å². The second kappa shape index (κ2) is 13.1. The highest BCUT2D eigenvalue weighted by atomic mass is 32.1. The van der Waals surface area contributed by atoms with Gasteiger partial charge in [0, 0.05) is 30.1 Å². The van der Waals surface area contributed by atoms with E-state index in [4.69, 9.17) is 10.5 Å². The molecule has 0 radical (unpaired) electrons. The molecule has 0 aromatic carbocycles. The van der Waals surface area contributed by atoms with Gasteiger partial charge in [-0.25, -0.2) is 4.98 Å². The minimum atomic E-state index is -0.506. The third-order valence-corrected chi connectivity index (χ3v) is 3.64. The Balaban J connectivity index is 0.000000506. The molecule has 0 spiro atoms. The molecule has 1 rings (SSSR count). The highest BCUT2D eigenvalue weighted by molar-refractivity contribution is 7.11. The molecule has 0 aliphatic rings. The van der Waals surface area contributed by atoms with Crippen LogP contribution in [0.1, 0.15) is 59.8 Å². The number of thiazole rings is 1. The van der Waals surface area contributed by atoms with Crippen LogP contribution in [0.4, 0.5) is 0 Å². The van der Waals surface area contributed by atoms with Crippen molar-refractivity contribution in [3.8, 4) is 5.19 Å². The zero-order chi connectivity index (χ0) is 18.4. The van der Waals surface area contributed by atoms with E-state index in [0.29, 0.717) is 18.2 Å². The van der Waals surface area contributed by atoms with Crippen molar-refractivity contribution in [2.75, 3.05) is 13.2 Å². The number of ether oxygens (including phenoxy) is 1. The van der Waals surface area contributed by atoms with E-state index < -0.39 is 6.10 Å². The number of unbranched alkanes of at least 4 members (excludes halogenated alkanes) is 3. The molecule has 1 atom stereocenters. The van der Waals surface area contributed by atoms with Crippen LogP contribution in [0.2, 0.25) is 0 Å². The van der Waals surface area contributed by atoms with Gasteiger partial charge >= 0.3 is 0 Å². The molecule has 7 heteroatoms. The van der Waals surface area contributed by atoms with Crippen LogP contribution in [0.25, 0.3) is 0 Å². The number of nitrogens with zero attached hydrogens (tertiary/aromatic N) is 1. The van der Waals surface area contributed by atoms with Gasteiger partial charge < -0.3 is 20.9 Å². The standard InChI is InChI=1S/C10H18N2O2S.C7H15NO/c1-10(2,3)12-6-8(13)7-14-9-11-4-5-15-9;1-2-3-4-5-6-7(8)9/h4-5,8,12-13H,6-7H2,1-3H3;2-6H2,1H3,(H2,8,9). The summed E-state index contributed by atoms with van der Waals surface area (Å²) in [5, 5.41) is 15.2. The Morgan fingerprint density at radius 2 is 2.12 bits per heavy atom. The van der Waals surface area contributed by atoms with Gasteiger partial charge in [-0.3, -0.25) is 4.79 Å². The monoisotopic (exact) mass is 359 g/mol. The largest absolute Gasteiger partial charge is 0.467 e. The number of β-amino-alcohol motifs (C(OH)–C–C–N with tert-alkyl or cyclic N) is 1. The summed E-state index contributed by atoms with van der Waals surface area (Å²) in [7, 11) is 0. The fourth-order valence-electron chi connectivity index (χ4n) is 1.66. The van der Waals surface area contributed by atoms with Crippen LogP contribution < -0.4 is 15.8 Å². The summed E-state index contributed by atoms with van der Waals surface area (Å²) in [5.74, 6) is -0.175. The quantitative estimate of drug-likeness (QED) is 0.558. The number of aliphatic hydroxyl groups is 1. The lowest BCUT2D eigenvalue weighted by Gasteiger charge is -2.22. The summed E-state index contributed by atoms with van der Waals surface area (Å²) in [4.78, 5) is 14.1. The molecule has 0 fully saturated rings. The lowest BCUT2D eigenvalue weighted by atomic mass is 10.1. The van der Waals surface area contributed by atoms with Gasteiger partial charge in [0.25, 0.3) is 5.19 Å². The fourth-order valence-corrected chi connectivity index (χ4v) is 2.15. The van der Waals surface area contributed by atoms with E-state index in [1.54, 1.807) is 6.20 Å². The SMILES string of the molecule is CC(C)(C)NCC(O)COc1nccs1.CCCCCCC(N)=O. The number of carbonyl (C=O) groups is 1. The molecular weight excluding hydrogens is 326 g/mol. The molecule has 1 amide bonds. The van der Waals surface area contributed by atoms with E-state index in [-0.39, 0.29) is 18.1 Å².